The van der Waals surface area contributed by atoms with Crippen LogP contribution in [0.25, 0.3) is 0 Å². The first kappa shape index (κ1) is 10.5. The first-order valence-corrected chi connectivity index (χ1v) is 5.92. The van der Waals surface area contributed by atoms with Crippen molar-refractivity contribution in [2.24, 2.45) is 0 Å². The van der Waals surface area contributed by atoms with E-state index in [4.69, 9.17) is 0 Å². The molecule has 1 aliphatic rings. The fourth-order valence-corrected chi connectivity index (χ4v) is 2.06. The maximum Gasteiger partial charge on any atom is 0.0708 e. The molecule has 1 saturated heterocycles. The van der Waals surface area contributed by atoms with Crippen molar-refractivity contribution in [2.75, 3.05) is 31.2 Å². The molecule has 0 aromatic heterocycles. The molecule has 1 heterocycles. The van der Waals surface area contributed by atoms with E-state index in [1.54, 1.807) is 0 Å². The molecule has 1 aromatic rings. The average Bonchev–Trinajstić information content (AvgIpc) is 2.76. The molecule has 0 atom stereocenters. The highest BCUT2D eigenvalue weighted by Crippen LogP contribution is 2.17. The van der Waals surface area contributed by atoms with Gasteiger partial charge in [-0.1, -0.05) is 31.5 Å². The summed E-state index contributed by atoms with van der Waals surface area (Å²) in [7, 11) is 0. The Labute approximate surface area is 92.5 Å². The second-order valence-electron chi connectivity index (χ2n) is 4.21. The first-order chi connectivity index (χ1) is 7.40. The molecule has 1 aliphatic heterocycles. The van der Waals surface area contributed by atoms with Gasteiger partial charge in [-0.25, -0.2) is 0 Å². The highest BCUT2D eigenvalue weighted by atomic mass is 15.4. The molecule has 2 rings (SSSR count). The number of hydrogen-bond acceptors (Lipinski definition) is 2. The molecule has 0 N–H and O–H groups in total. The molecule has 0 spiro atoms. The summed E-state index contributed by atoms with van der Waals surface area (Å²) in [5.74, 6) is 0. The van der Waals surface area contributed by atoms with Crippen molar-refractivity contribution >= 4 is 5.69 Å². The summed E-state index contributed by atoms with van der Waals surface area (Å²) in [5.41, 5.74) is 1.36. The van der Waals surface area contributed by atoms with E-state index in [1.165, 1.54) is 38.2 Å². The number of benzene rings is 1. The molecule has 2 heteroatoms. The topological polar surface area (TPSA) is 6.48 Å². The zero-order chi connectivity index (χ0) is 10.5. The normalized spacial score (nSPS) is 17.3. The molecular weight excluding hydrogens is 184 g/mol. The minimum Gasteiger partial charge on any atom is -0.357 e. The maximum atomic E-state index is 2.54. The third kappa shape index (κ3) is 2.72. The van der Waals surface area contributed by atoms with E-state index in [2.05, 4.69) is 47.1 Å². The Morgan fingerprint density at radius 3 is 2.67 bits per heavy atom. The van der Waals surface area contributed by atoms with Crippen LogP contribution in [-0.4, -0.2) is 31.2 Å². The summed E-state index contributed by atoms with van der Waals surface area (Å²) in [6.45, 7) is 7.00. The van der Waals surface area contributed by atoms with Gasteiger partial charge in [0.2, 0.25) is 0 Å². The number of nitrogens with zero attached hydrogens (tertiary/aromatic N) is 2. The van der Waals surface area contributed by atoms with Crippen LogP contribution in [0.1, 0.15) is 19.8 Å². The van der Waals surface area contributed by atoms with Crippen LogP contribution in [0.15, 0.2) is 30.3 Å². The minimum absolute atomic E-state index is 1.10. The molecular formula is C13H20N2. The Morgan fingerprint density at radius 2 is 1.93 bits per heavy atom. The molecule has 1 aromatic carbocycles. The predicted molar refractivity (Wildman–Crippen MR) is 65.1 cm³/mol. The van der Waals surface area contributed by atoms with Gasteiger partial charge in [0.05, 0.1) is 6.67 Å². The van der Waals surface area contributed by atoms with Gasteiger partial charge in [0.15, 0.2) is 0 Å². The zero-order valence-electron chi connectivity index (χ0n) is 9.52. The number of unbranched alkanes of at least 4 members (excludes halogenated alkanes) is 1. The predicted octanol–water partition coefficient (Wildman–Crippen LogP) is 2.57. The van der Waals surface area contributed by atoms with Gasteiger partial charge in [0.1, 0.15) is 0 Å². The van der Waals surface area contributed by atoms with E-state index in [0.29, 0.717) is 0 Å². The van der Waals surface area contributed by atoms with E-state index < -0.39 is 0 Å². The third-order valence-corrected chi connectivity index (χ3v) is 3.01. The summed E-state index contributed by atoms with van der Waals surface area (Å²) < 4.78 is 0. The van der Waals surface area contributed by atoms with Crippen molar-refractivity contribution in [2.45, 2.75) is 19.8 Å². The van der Waals surface area contributed by atoms with Crippen LogP contribution in [-0.2, 0) is 0 Å². The van der Waals surface area contributed by atoms with Gasteiger partial charge in [-0.05, 0) is 25.1 Å². The van der Waals surface area contributed by atoms with E-state index in [-0.39, 0.29) is 0 Å². The largest absolute Gasteiger partial charge is 0.357 e. The Bertz CT molecular complexity index is 284. The summed E-state index contributed by atoms with van der Waals surface area (Å²) in [4.78, 5) is 4.99. The van der Waals surface area contributed by atoms with Crippen LogP contribution >= 0.6 is 0 Å². The van der Waals surface area contributed by atoms with Crippen molar-refractivity contribution in [1.82, 2.24) is 4.90 Å². The summed E-state index contributed by atoms with van der Waals surface area (Å²) in [6.07, 6.45) is 2.62. The lowest BCUT2D eigenvalue weighted by molar-refractivity contribution is 0.335. The fraction of sp³-hybridized carbons (Fsp3) is 0.538. The lowest BCUT2D eigenvalue weighted by atomic mass is 10.3. The quantitative estimate of drug-likeness (QED) is 0.743. The number of rotatable bonds is 4. The second kappa shape index (κ2) is 5.17. The van der Waals surface area contributed by atoms with Crippen LogP contribution in [0.5, 0.6) is 0 Å². The molecule has 0 unspecified atom stereocenters. The molecule has 82 valence electrons. The van der Waals surface area contributed by atoms with Crippen LogP contribution in [0.2, 0.25) is 0 Å². The van der Waals surface area contributed by atoms with Crippen molar-refractivity contribution < 1.29 is 0 Å². The molecule has 0 radical (unpaired) electrons. The number of para-hydroxylation sites is 1. The average molecular weight is 204 g/mol. The monoisotopic (exact) mass is 204 g/mol. The van der Waals surface area contributed by atoms with Crippen LogP contribution in [0, 0.1) is 0 Å². The van der Waals surface area contributed by atoms with Gasteiger partial charge in [0, 0.05) is 18.8 Å². The van der Waals surface area contributed by atoms with Crippen LogP contribution in [0.3, 0.4) is 0 Å². The molecule has 0 bridgehead atoms. The van der Waals surface area contributed by atoms with Crippen molar-refractivity contribution in [3.8, 4) is 0 Å². The fourth-order valence-electron chi connectivity index (χ4n) is 2.06. The van der Waals surface area contributed by atoms with Gasteiger partial charge >= 0.3 is 0 Å². The minimum atomic E-state index is 1.10. The highest BCUT2D eigenvalue weighted by molar-refractivity contribution is 5.46. The second-order valence-corrected chi connectivity index (χ2v) is 4.21. The highest BCUT2D eigenvalue weighted by Gasteiger charge is 2.18. The Balaban J connectivity index is 1.87. The summed E-state index contributed by atoms with van der Waals surface area (Å²) >= 11 is 0. The standard InChI is InChI=1S/C13H20N2/c1-2-3-9-14-10-11-15(12-14)13-7-5-4-6-8-13/h4-8H,2-3,9-12H2,1H3. The molecule has 0 amide bonds. The Morgan fingerprint density at radius 1 is 1.13 bits per heavy atom. The SMILES string of the molecule is CCCCN1CCN(c2ccccc2)C1. The molecule has 2 nitrogen and oxygen atoms in total. The maximum absolute atomic E-state index is 2.54. The van der Waals surface area contributed by atoms with Crippen molar-refractivity contribution in [3.05, 3.63) is 30.3 Å². The Kier molecular flexibility index (Phi) is 3.62. The number of hydrogen-bond donors (Lipinski definition) is 0. The summed E-state index contributed by atoms with van der Waals surface area (Å²) in [6, 6.07) is 10.7. The Hall–Kier alpha value is -1.02. The molecule has 0 aliphatic carbocycles. The molecule has 1 fully saturated rings. The van der Waals surface area contributed by atoms with E-state index >= 15 is 0 Å². The van der Waals surface area contributed by atoms with Gasteiger partial charge in [-0.2, -0.15) is 0 Å². The summed E-state index contributed by atoms with van der Waals surface area (Å²) in [5, 5.41) is 0. The third-order valence-electron chi connectivity index (χ3n) is 3.01. The van der Waals surface area contributed by atoms with E-state index in [1.807, 2.05) is 0 Å². The van der Waals surface area contributed by atoms with Gasteiger partial charge < -0.3 is 4.90 Å². The molecule has 0 saturated carbocycles. The van der Waals surface area contributed by atoms with Gasteiger partial charge in [-0.15, -0.1) is 0 Å². The van der Waals surface area contributed by atoms with Gasteiger partial charge in [0.25, 0.3) is 0 Å². The van der Waals surface area contributed by atoms with E-state index in [9.17, 15) is 0 Å². The lowest BCUT2D eigenvalue weighted by Crippen LogP contribution is -2.25. The van der Waals surface area contributed by atoms with Crippen molar-refractivity contribution in [1.29, 1.82) is 0 Å². The van der Waals surface area contributed by atoms with E-state index in [0.717, 1.165) is 6.67 Å². The van der Waals surface area contributed by atoms with Crippen LogP contribution < -0.4 is 4.90 Å². The zero-order valence-corrected chi connectivity index (χ0v) is 9.52. The first-order valence-electron chi connectivity index (χ1n) is 5.92. The van der Waals surface area contributed by atoms with Crippen LogP contribution in [0.4, 0.5) is 5.69 Å². The smallest absolute Gasteiger partial charge is 0.0708 e. The lowest BCUT2D eigenvalue weighted by Gasteiger charge is -2.19. The van der Waals surface area contributed by atoms with Crippen molar-refractivity contribution in [3.63, 3.8) is 0 Å². The molecule has 15 heavy (non-hydrogen) atoms. The number of anilines is 1. The van der Waals surface area contributed by atoms with Gasteiger partial charge in [-0.3, -0.25) is 4.90 Å².